The fourth-order valence-electron chi connectivity index (χ4n) is 3.76. The lowest BCUT2D eigenvalue weighted by Crippen LogP contribution is -2.31. The minimum absolute atomic E-state index is 0.0402. The zero-order valence-corrected chi connectivity index (χ0v) is 16.7. The lowest BCUT2D eigenvalue weighted by molar-refractivity contribution is -0.123. The SMILES string of the molecule is O=C(COC1CCCCC1)Nc1ccc(S(=O)(=O)N2CCCCCC2)cc1. The van der Waals surface area contributed by atoms with Gasteiger partial charge in [0, 0.05) is 18.8 Å². The Kier molecular flexibility index (Phi) is 7.26. The third-order valence-electron chi connectivity index (χ3n) is 5.34. The van der Waals surface area contributed by atoms with E-state index in [1.54, 1.807) is 28.6 Å². The van der Waals surface area contributed by atoms with Gasteiger partial charge >= 0.3 is 0 Å². The summed E-state index contributed by atoms with van der Waals surface area (Å²) < 4.78 is 32.8. The van der Waals surface area contributed by atoms with Gasteiger partial charge in [0.2, 0.25) is 15.9 Å². The Morgan fingerprint density at radius 3 is 2.19 bits per heavy atom. The Bertz CT molecular complexity index is 704. The monoisotopic (exact) mass is 394 g/mol. The first-order valence-electron chi connectivity index (χ1n) is 10.1. The van der Waals surface area contributed by atoms with Crippen molar-refractivity contribution in [3.8, 4) is 0 Å². The van der Waals surface area contributed by atoms with Gasteiger partial charge in [-0.3, -0.25) is 4.79 Å². The molecule has 1 aliphatic carbocycles. The number of carbonyl (C=O) groups is 1. The second-order valence-electron chi connectivity index (χ2n) is 7.46. The molecule has 1 amide bonds. The molecule has 1 N–H and O–H groups in total. The van der Waals surface area contributed by atoms with Gasteiger partial charge in [0.15, 0.2) is 0 Å². The van der Waals surface area contributed by atoms with Crippen molar-refractivity contribution < 1.29 is 17.9 Å². The number of carbonyl (C=O) groups excluding carboxylic acids is 1. The molecule has 0 aromatic heterocycles. The zero-order valence-electron chi connectivity index (χ0n) is 15.9. The van der Waals surface area contributed by atoms with Crippen LogP contribution in [0.15, 0.2) is 29.2 Å². The summed E-state index contributed by atoms with van der Waals surface area (Å²) in [6.07, 6.45) is 9.80. The lowest BCUT2D eigenvalue weighted by atomic mass is 9.98. The predicted octanol–water partition coefficient (Wildman–Crippen LogP) is 3.54. The van der Waals surface area contributed by atoms with Crippen molar-refractivity contribution in [2.45, 2.75) is 68.8 Å². The molecule has 27 heavy (non-hydrogen) atoms. The molecule has 0 spiro atoms. The third-order valence-corrected chi connectivity index (χ3v) is 7.26. The quantitative estimate of drug-likeness (QED) is 0.801. The van der Waals surface area contributed by atoms with Crippen LogP contribution in [0.3, 0.4) is 0 Å². The molecule has 1 saturated heterocycles. The summed E-state index contributed by atoms with van der Waals surface area (Å²) in [6.45, 7) is 1.21. The first-order chi connectivity index (χ1) is 13.1. The molecule has 1 aliphatic heterocycles. The average molecular weight is 395 g/mol. The van der Waals surface area contributed by atoms with Crippen molar-refractivity contribution in [2.75, 3.05) is 25.0 Å². The maximum absolute atomic E-state index is 12.8. The van der Waals surface area contributed by atoms with E-state index in [1.807, 2.05) is 0 Å². The van der Waals surface area contributed by atoms with E-state index in [1.165, 1.54) is 19.3 Å². The highest BCUT2D eigenvalue weighted by molar-refractivity contribution is 7.89. The highest BCUT2D eigenvalue weighted by Gasteiger charge is 2.25. The van der Waals surface area contributed by atoms with Gasteiger partial charge in [0.1, 0.15) is 6.61 Å². The number of anilines is 1. The average Bonchev–Trinajstić information content (AvgIpc) is 2.98. The Hall–Kier alpha value is -1.44. The lowest BCUT2D eigenvalue weighted by Gasteiger charge is -2.21. The summed E-state index contributed by atoms with van der Waals surface area (Å²) in [5.41, 5.74) is 0.585. The maximum Gasteiger partial charge on any atom is 0.250 e. The van der Waals surface area contributed by atoms with Crippen LogP contribution >= 0.6 is 0 Å². The van der Waals surface area contributed by atoms with Crippen LogP contribution in [0.4, 0.5) is 5.69 Å². The number of benzene rings is 1. The van der Waals surface area contributed by atoms with Gasteiger partial charge in [-0.25, -0.2) is 8.42 Å². The van der Waals surface area contributed by atoms with E-state index in [4.69, 9.17) is 4.74 Å². The highest BCUT2D eigenvalue weighted by atomic mass is 32.2. The molecule has 1 saturated carbocycles. The molecular weight excluding hydrogens is 364 g/mol. The van der Waals surface area contributed by atoms with Crippen LogP contribution in [0.1, 0.15) is 57.8 Å². The van der Waals surface area contributed by atoms with Crippen molar-refractivity contribution in [1.29, 1.82) is 0 Å². The van der Waals surface area contributed by atoms with Gasteiger partial charge in [0.25, 0.3) is 0 Å². The van der Waals surface area contributed by atoms with E-state index < -0.39 is 10.0 Å². The second kappa shape index (κ2) is 9.66. The summed E-state index contributed by atoms with van der Waals surface area (Å²) in [5, 5.41) is 2.78. The van der Waals surface area contributed by atoms with E-state index in [-0.39, 0.29) is 23.5 Å². The van der Waals surface area contributed by atoms with E-state index in [9.17, 15) is 13.2 Å². The molecule has 0 atom stereocenters. The van der Waals surface area contributed by atoms with E-state index in [0.29, 0.717) is 18.8 Å². The number of rotatable bonds is 6. The second-order valence-corrected chi connectivity index (χ2v) is 9.40. The Morgan fingerprint density at radius 2 is 1.56 bits per heavy atom. The molecule has 0 radical (unpaired) electrons. The fourth-order valence-corrected chi connectivity index (χ4v) is 5.28. The molecule has 0 bridgehead atoms. The van der Waals surface area contributed by atoms with Crippen LogP contribution < -0.4 is 5.32 Å². The van der Waals surface area contributed by atoms with Crippen molar-refractivity contribution in [2.24, 2.45) is 0 Å². The molecule has 6 nitrogen and oxygen atoms in total. The summed E-state index contributed by atoms with van der Waals surface area (Å²) in [7, 11) is -3.46. The van der Waals surface area contributed by atoms with Crippen molar-refractivity contribution in [1.82, 2.24) is 4.31 Å². The van der Waals surface area contributed by atoms with Gasteiger partial charge in [-0.1, -0.05) is 32.1 Å². The first-order valence-corrected chi connectivity index (χ1v) is 11.5. The smallest absolute Gasteiger partial charge is 0.250 e. The number of hydrogen-bond acceptors (Lipinski definition) is 4. The van der Waals surface area contributed by atoms with Gasteiger partial charge < -0.3 is 10.1 Å². The Morgan fingerprint density at radius 1 is 0.963 bits per heavy atom. The summed E-state index contributed by atoms with van der Waals surface area (Å²) >= 11 is 0. The standard InChI is InChI=1S/C20H30N2O4S/c23-20(16-26-18-8-4-3-5-9-18)21-17-10-12-19(13-11-17)27(24,25)22-14-6-1-2-7-15-22/h10-13,18H,1-9,14-16H2,(H,21,23). The molecule has 3 rings (SSSR count). The van der Waals surface area contributed by atoms with Gasteiger partial charge in [-0.05, 0) is 49.9 Å². The van der Waals surface area contributed by atoms with Crippen molar-refractivity contribution in [3.63, 3.8) is 0 Å². The predicted molar refractivity (Wildman–Crippen MR) is 105 cm³/mol. The summed E-state index contributed by atoms with van der Waals surface area (Å²) in [6, 6.07) is 6.42. The number of nitrogens with zero attached hydrogens (tertiary/aromatic N) is 1. The normalized spacial score (nSPS) is 20.1. The van der Waals surface area contributed by atoms with E-state index in [0.717, 1.165) is 38.5 Å². The zero-order chi connectivity index (χ0) is 19.1. The Balaban J connectivity index is 1.53. The molecule has 1 aromatic carbocycles. The van der Waals surface area contributed by atoms with Gasteiger partial charge in [-0.2, -0.15) is 4.31 Å². The minimum atomic E-state index is -3.46. The number of sulfonamides is 1. The molecule has 0 unspecified atom stereocenters. The van der Waals surface area contributed by atoms with Crippen LogP contribution in [0.25, 0.3) is 0 Å². The number of ether oxygens (including phenoxy) is 1. The van der Waals surface area contributed by atoms with E-state index in [2.05, 4.69) is 5.32 Å². The van der Waals surface area contributed by atoms with Crippen LogP contribution in [0, 0.1) is 0 Å². The molecule has 150 valence electrons. The van der Waals surface area contributed by atoms with Crippen LogP contribution in [0.5, 0.6) is 0 Å². The first kappa shape index (κ1) is 20.3. The third kappa shape index (κ3) is 5.77. The molecule has 2 fully saturated rings. The van der Waals surface area contributed by atoms with Gasteiger partial charge in [0.05, 0.1) is 11.0 Å². The summed E-state index contributed by atoms with van der Waals surface area (Å²) in [5.74, 6) is -0.205. The van der Waals surface area contributed by atoms with Crippen molar-refractivity contribution >= 4 is 21.6 Å². The maximum atomic E-state index is 12.8. The molecule has 7 heteroatoms. The van der Waals surface area contributed by atoms with Gasteiger partial charge in [-0.15, -0.1) is 0 Å². The number of nitrogens with one attached hydrogen (secondary N) is 1. The molecule has 1 heterocycles. The van der Waals surface area contributed by atoms with E-state index >= 15 is 0 Å². The molecule has 1 aromatic rings. The minimum Gasteiger partial charge on any atom is -0.368 e. The number of amides is 1. The Labute approximate surface area is 162 Å². The fraction of sp³-hybridized carbons (Fsp3) is 0.650. The topological polar surface area (TPSA) is 75.7 Å². The van der Waals surface area contributed by atoms with Crippen LogP contribution in [-0.2, 0) is 19.6 Å². The molecule has 2 aliphatic rings. The highest BCUT2D eigenvalue weighted by Crippen LogP contribution is 2.22. The van der Waals surface area contributed by atoms with Crippen LogP contribution in [-0.4, -0.2) is 44.4 Å². The summed E-state index contributed by atoms with van der Waals surface area (Å²) in [4.78, 5) is 12.3. The van der Waals surface area contributed by atoms with Crippen molar-refractivity contribution in [3.05, 3.63) is 24.3 Å². The van der Waals surface area contributed by atoms with Crippen LogP contribution in [0.2, 0.25) is 0 Å². The largest absolute Gasteiger partial charge is 0.368 e. The molecular formula is C20H30N2O4S. The number of hydrogen-bond donors (Lipinski definition) is 1.